The Balaban J connectivity index is 2.94. The van der Waals surface area contributed by atoms with Gasteiger partial charge in [0, 0.05) is 0 Å². The number of hydrogen-bond acceptors (Lipinski definition) is 2. The van der Waals surface area contributed by atoms with Gasteiger partial charge in [0.2, 0.25) is 0 Å². The second-order valence-corrected chi connectivity index (χ2v) is 5.43. The van der Waals surface area contributed by atoms with Crippen LogP contribution < -0.4 is 0 Å². The average molecular weight is 223 g/mol. The third-order valence-corrected chi connectivity index (χ3v) is 3.67. The lowest BCUT2D eigenvalue weighted by atomic mass is 9.83. The first-order valence-electron chi connectivity index (χ1n) is 6.36. The van der Waals surface area contributed by atoms with E-state index in [2.05, 4.69) is 4.90 Å². The fourth-order valence-corrected chi connectivity index (χ4v) is 2.62. The van der Waals surface area contributed by atoms with Crippen molar-refractivity contribution in [2.75, 3.05) is 14.1 Å². The Hall–Kier alpha value is -0.630. The molecule has 1 saturated carbocycles. The summed E-state index contributed by atoms with van der Waals surface area (Å²) in [5.41, 5.74) is 0.879. The van der Waals surface area contributed by atoms with Gasteiger partial charge in [-0.25, -0.2) is 0 Å². The maximum Gasteiger partial charge on any atom is 0.175 e. The minimum atomic E-state index is -0.228. The van der Waals surface area contributed by atoms with Crippen molar-refractivity contribution in [1.82, 2.24) is 4.90 Å². The van der Waals surface area contributed by atoms with Gasteiger partial charge in [-0.1, -0.05) is 31.3 Å². The van der Waals surface area contributed by atoms with Crippen molar-refractivity contribution >= 4 is 5.78 Å². The molecule has 1 rings (SSSR count). The fraction of sp³-hybridized carbons (Fsp3) is 0.786. The third kappa shape index (κ3) is 2.94. The summed E-state index contributed by atoms with van der Waals surface area (Å²) in [4.78, 5) is 14.5. The van der Waals surface area contributed by atoms with Gasteiger partial charge in [0.25, 0.3) is 0 Å². The average Bonchev–Trinajstić information content (AvgIpc) is 2.42. The SMILES string of the molecule is CC(C)=CC(=O)C1(N(C)C)CCCCCC1. The molecule has 0 spiro atoms. The Labute approximate surface area is 99.7 Å². The van der Waals surface area contributed by atoms with Crippen molar-refractivity contribution in [2.45, 2.75) is 57.9 Å². The predicted octanol–water partition coefficient (Wildman–Crippen LogP) is 3.18. The highest BCUT2D eigenvalue weighted by Gasteiger charge is 2.38. The van der Waals surface area contributed by atoms with Crippen LogP contribution in [0.1, 0.15) is 52.4 Å². The van der Waals surface area contributed by atoms with E-state index in [1.54, 1.807) is 0 Å². The number of carbonyl (C=O) groups is 1. The normalized spacial score (nSPS) is 20.3. The van der Waals surface area contributed by atoms with Crippen LogP contribution in [0.25, 0.3) is 0 Å². The molecular formula is C14H25NO. The van der Waals surface area contributed by atoms with E-state index in [1.165, 1.54) is 25.7 Å². The summed E-state index contributed by atoms with van der Waals surface area (Å²) in [7, 11) is 4.09. The Morgan fingerprint density at radius 3 is 1.94 bits per heavy atom. The molecule has 0 N–H and O–H groups in total. The van der Waals surface area contributed by atoms with E-state index in [0.29, 0.717) is 5.78 Å². The Morgan fingerprint density at radius 2 is 1.56 bits per heavy atom. The Morgan fingerprint density at radius 1 is 1.06 bits per heavy atom. The molecule has 0 unspecified atom stereocenters. The van der Waals surface area contributed by atoms with Crippen LogP contribution in [0, 0.1) is 0 Å². The van der Waals surface area contributed by atoms with E-state index >= 15 is 0 Å². The number of likely N-dealkylation sites (N-methyl/N-ethyl adjacent to an activating group) is 1. The molecule has 1 fully saturated rings. The second-order valence-electron chi connectivity index (χ2n) is 5.43. The monoisotopic (exact) mass is 223 g/mol. The maximum atomic E-state index is 12.4. The van der Waals surface area contributed by atoms with Crippen LogP contribution in [0.4, 0.5) is 0 Å². The molecular weight excluding hydrogens is 198 g/mol. The van der Waals surface area contributed by atoms with Gasteiger partial charge in [-0.3, -0.25) is 9.69 Å². The first kappa shape index (κ1) is 13.4. The summed E-state index contributed by atoms with van der Waals surface area (Å²) in [5, 5.41) is 0. The number of carbonyl (C=O) groups excluding carboxylic acids is 1. The number of ketones is 1. The van der Waals surface area contributed by atoms with Crippen molar-refractivity contribution in [3.8, 4) is 0 Å². The van der Waals surface area contributed by atoms with Crippen molar-refractivity contribution < 1.29 is 4.79 Å². The van der Waals surface area contributed by atoms with Gasteiger partial charge >= 0.3 is 0 Å². The fourth-order valence-electron chi connectivity index (χ4n) is 2.62. The molecule has 2 heteroatoms. The Bertz CT molecular complexity index is 266. The van der Waals surface area contributed by atoms with Crippen LogP contribution in [0.3, 0.4) is 0 Å². The van der Waals surface area contributed by atoms with Crippen LogP contribution in [-0.4, -0.2) is 30.3 Å². The number of nitrogens with zero attached hydrogens (tertiary/aromatic N) is 1. The van der Waals surface area contributed by atoms with Gasteiger partial charge in [-0.2, -0.15) is 0 Å². The summed E-state index contributed by atoms with van der Waals surface area (Å²) < 4.78 is 0. The zero-order valence-corrected chi connectivity index (χ0v) is 11.2. The summed E-state index contributed by atoms with van der Waals surface area (Å²) >= 11 is 0. The van der Waals surface area contributed by atoms with E-state index in [-0.39, 0.29) is 5.54 Å². The summed E-state index contributed by atoms with van der Waals surface area (Å²) in [6, 6.07) is 0. The zero-order valence-electron chi connectivity index (χ0n) is 11.2. The zero-order chi connectivity index (χ0) is 12.2. The molecule has 92 valence electrons. The molecule has 0 heterocycles. The molecule has 0 aliphatic heterocycles. The lowest BCUT2D eigenvalue weighted by Crippen LogP contribution is -2.50. The molecule has 0 amide bonds. The molecule has 0 aromatic carbocycles. The van der Waals surface area contributed by atoms with Gasteiger partial charge in [-0.05, 0) is 46.9 Å². The molecule has 0 aromatic rings. The lowest BCUT2D eigenvalue weighted by Gasteiger charge is -2.37. The largest absolute Gasteiger partial charge is 0.297 e. The quantitative estimate of drug-likeness (QED) is 0.541. The maximum absolute atomic E-state index is 12.4. The summed E-state index contributed by atoms with van der Waals surface area (Å²) in [5.74, 6) is 0.305. The highest BCUT2D eigenvalue weighted by atomic mass is 16.1. The van der Waals surface area contributed by atoms with Crippen LogP contribution in [0.2, 0.25) is 0 Å². The van der Waals surface area contributed by atoms with Gasteiger partial charge in [0.05, 0.1) is 5.54 Å². The molecule has 0 saturated heterocycles. The second kappa shape index (κ2) is 5.62. The van der Waals surface area contributed by atoms with Crippen molar-refractivity contribution in [1.29, 1.82) is 0 Å². The van der Waals surface area contributed by atoms with E-state index in [0.717, 1.165) is 18.4 Å². The van der Waals surface area contributed by atoms with Gasteiger partial charge < -0.3 is 0 Å². The molecule has 1 aliphatic carbocycles. The number of rotatable bonds is 3. The van der Waals surface area contributed by atoms with E-state index < -0.39 is 0 Å². The Kier molecular flexibility index (Phi) is 4.72. The topological polar surface area (TPSA) is 20.3 Å². The highest BCUT2D eigenvalue weighted by molar-refractivity contribution is 5.98. The molecule has 0 aromatic heterocycles. The first-order chi connectivity index (χ1) is 7.49. The predicted molar refractivity (Wildman–Crippen MR) is 68.6 cm³/mol. The number of allylic oxidation sites excluding steroid dienone is 1. The van der Waals surface area contributed by atoms with Gasteiger partial charge in [-0.15, -0.1) is 0 Å². The first-order valence-corrected chi connectivity index (χ1v) is 6.36. The molecule has 16 heavy (non-hydrogen) atoms. The van der Waals surface area contributed by atoms with Crippen molar-refractivity contribution in [3.63, 3.8) is 0 Å². The van der Waals surface area contributed by atoms with Crippen LogP contribution in [0.5, 0.6) is 0 Å². The van der Waals surface area contributed by atoms with E-state index in [4.69, 9.17) is 0 Å². The van der Waals surface area contributed by atoms with Gasteiger partial charge in [0.15, 0.2) is 5.78 Å². The molecule has 1 aliphatic rings. The number of hydrogen-bond donors (Lipinski definition) is 0. The lowest BCUT2D eigenvalue weighted by molar-refractivity contribution is -0.125. The highest BCUT2D eigenvalue weighted by Crippen LogP contribution is 2.32. The summed E-state index contributed by atoms with van der Waals surface area (Å²) in [6.07, 6.45) is 8.77. The minimum absolute atomic E-state index is 0.228. The molecule has 2 nitrogen and oxygen atoms in total. The summed E-state index contributed by atoms with van der Waals surface area (Å²) in [6.45, 7) is 4.00. The van der Waals surface area contributed by atoms with Gasteiger partial charge in [0.1, 0.15) is 0 Å². The van der Waals surface area contributed by atoms with E-state index in [1.807, 2.05) is 34.0 Å². The van der Waals surface area contributed by atoms with Crippen LogP contribution in [0.15, 0.2) is 11.6 Å². The molecule has 0 atom stereocenters. The minimum Gasteiger partial charge on any atom is -0.297 e. The molecule has 0 bridgehead atoms. The van der Waals surface area contributed by atoms with Crippen molar-refractivity contribution in [3.05, 3.63) is 11.6 Å². The van der Waals surface area contributed by atoms with E-state index in [9.17, 15) is 4.79 Å². The smallest absolute Gasteiger partial charge is 0.175 e. The standard InChI is InChI=1S/C14H25NO/c1-12(2)11-13(16)14(15(3)4)9-7-5-6-8-10-14/h11H,5-10H2,1-4H3. The van der Waals surface area contributed by atoms with Crippen molar-refractivity contribution in [2.24, 2.45) is 0 Å². The van der Waals surface area contributed by atoms with Crippen LogP contribution >= 0.6 is 0 Å². The molecule has 0 radical (unpaired) electrons. The third-order valence-electron chi connectivity index (χ3n) is 3.67. The van der Waals surface area contributed by atoms with Crippen LogP contribution in [-0.2, 0) is 4.79 Å².